The number of benzene rings is 1. The van der Waals surface area contributed by atoms with E-state index in [0.717, 1.165) is 17.9 Å². The Hall–Kier alpha value is -0.520. The van der Waals surface area contributed by atoms with E-state index in [0.29, 0.717) is 16.2 Å². The minimum absolute atomic E-state index is 0.377. The highest BCUT2D eigenvalue weighted by atomic mass is 32.2. The number of rotatable bonds is 7. The molecule has 0 bridgehead atoms. The first kappa shape index (κ1) is 16.5. The third-order valence-electron chi connectivity index (χ3n) is 2.96. The summed E-state index contributed by atoms with van der Waals surface area (Å²) in [7, 11) is -3.09. The van der Waals surface area contributed by atoms with E-state index in [-0.39, 0.29) is 0 Å². The van der Waals surface area contributed by atoms with E-state index in [4.69, 9.17) is 0 Å². The number of nitrogens with one attached hydrogen (secondary N) is 1. The second kappa shape index (κ2) is 7.31. The van der Waals surface area contributed by atoms with Crippen molar-refractivity contribution in [3.63, 3.8) is 0 Å². The Labute approximate surface area is 121 Å². The van der Waals surface area contributed by atoms with Gasteiger partial charge in [0.25, 0.3) is 0 Å². The molecule has 0 radical (unpaired) electrons. The van der Waals surface area contributed by atoms with E-state index >= 15 is 0 Å². The first-order valence-corrected chi connectivity index (χ1v) is 9.30. The Morgan fingerprint density at radius 2 is 1.79 bits per heavy atom. The van der Waals surface area contributed by atoms with E-state index in [1.807, 2.05) is 12.1 Å². The summed E-state index contributed by atoms with van der Waals surface area (Å²) >= 11 is 1.76. The monoisotopic (exact) mass is 301 g/mol. The van der Waals surface area contributed by atoms with Gasteiger partial charge < -0.3 is 5.32 Å². The molecule has 0 fully saturated rings. The van der Waals surface area contributed by atoms with E-state index < -0.39 is 9.84 Å². The Balaban J connectivity index is 2.54. The second-order valence-electron chi connectivity index (χ2n) is 4.89. The first-order valence-electron chi connectivity index (χ1n) is 6.53. The Morgan fingerprint density at radius 3 is 2.26 bits per heavy atom. The largest absolute Gasteiger partial charge is 0.313 e. The predicted molar refractivity (Wildman–Crippen MR) is 82.6 cm³/mol. The average Bonchev–Trinajstić information content (AvgIpc) is 2.35. The molecule has 5 heteroatoms. The molecule has 2 unspecified atom stereocenters. The van der Waals surface area contributed by atoms with E-state index in [2.05, 4.69) is 26.1 Å². The van der Waals surface area contributed by atoms with Crippen molar-refractivity contribution in [3.05, 3.63) is 24.3 Å². The Morgan fingerprint density at radius 1 is 1.21 bits per heavy atom. The maximum atomic E-state index is 11.4. The van der Waals surface area contributed by atoms with E-state index in [1.165, 1.54) is 6.26 Å². The van der Waals surface area contributed by atoms with Crippen LogP contribution in [-0.4, -0.2) is 32.5 Å². The molecular weight excluding hydrogens is 278 g/mol. The van der Waals surface area contributed by atoms with Crippen LogP contribution in [0.5, 0.6) is 0 Å². The fourth-order valence-corrected chi connectivity index (χ4v) is 3.12. The van der Waals surface area contributed by atoms with Crippen LogP contribution in [0.4, 0.5) is 0 Å². The molecule has 0 aliphatic rings. The molecule has 1 N–H and O–H groups in total. The molecule has 0 aliphatic carbocycles. The Bertz CT molecular complexity index is 483. The highest BCUT2D eigenvalue weighted by molar-refractivity contribution is 8.00. The minimum Gasteiger partial charge on any atom is -0.313 e. The van der Waals surface area contributed by atoms with Crippen LogP contribution in [0.2, 0.25) is 0 Å². The van der Waals surface area contributed by atoms with Crippen LogP contribution in [0.25, 0.3) is 0 Å². The van der Waals surface area contributed by atoms with Crippen molar-refractivity contribution in [2.45, 2.75) is 48.3 Å². The molecule has 0 saturated carbocycles. The van der Waals surface area contributed by atoms with Crippen LogP contribution in [0, 0.1) is 0 Å². The molecule has 0 spiro atoms. The van der Waals surface area contributed by atoms with Crippen molar-refractivity contribution < 1.29 is 8.42 Å². The SMILES string of the molecule is CCC(C)NCC(C)Sc1ccc(S(C)(=O)=O)cc1. The van der Waals surface area contributed by atoms with Gasteiger partial charge in [0, 0.05) is 29.0 Å². The summed E-state index contributed by atoms with van der Waals surface area (Å²) in [6.45, 7) is 7.47. The maximum absolute atomic E-state index is 11.4. The molecule has 2 atom stereocenters. The van der Waals surface area contributed by atoms with Gasteiger partial charge in [0.15, 0.2) is 9.84 Å². The first-order chi connectivity index (χ1) is 8.82. The molecule has 1 aromatic rings. The van der Waals surface area contributed by atoms with Crippen LogP contribution in [0.1, 0.15) is 27.2 Å². The summed E-state index contributed by atoms with van der Waals surface area (Å²) in [5, 5.41) is 3.93. The van der Waals surface area contributed by atoms with Crippen molar-refractivity contribution >= 4 is 21.6 Å². The lowest BCUT2D eigenvalue weighted by atomic mass is 10.2. The van der Waals surface area contributed by atoms with Gasteiger partial charge in [-0.1, -0.05) is 13.8 Å². The van der Waals surface area contributed by atoms with Gasteiger partial charge in [-0.3, -0.25) is 0 Å². The van der Waals surface area contributed by atoms with Gasteiger partial charge >= 0.3 is 0 Å². The highest BCUT2D eigenvalue weighted by Gasteiger charge is 2.09. The highest BCUT2D eigenvalue weighted by Crippen LogP contribution is 2.24. The van der Waals surface area contributed by atoms with E-state index in [1.54, 1.807) is 23.9 Å². The van der Waals surface area contributed by atoms with Crippen LogP contribution < -0.4 is 5.32 Å². The van der Waals surface area contributed by atoms with Gasteiger partial charge in [0.05, 0.1) is 4.90 Å². The zero-order valence-electron chi connectivity index (χ0n) is 12.0. The molecule has 108 valence electrons. The molecule has 1 aromatic carbocycles. The van der Waals surface area contributed by atoms with Crippen LogP contribution in [-0.2, 0) is 9.84 Å². The molecule has 0 heterocycles. The molecule has 3 nitrogen and oxygen atoms in total. The molecule has 1 rings (SSSR count). The molecule has 0 amide bonds. The third kappa shape index (κ3) is 5.97. The summed E-state index contributed by atoms with van der Waals surface area (Å²) in [4.78, 5) is 1.48. The number of hydrogen-bond acceptors (Lipinski definition) is 4. The van der Waals surface area contributed by atoms with Gasteiger partial charge in [-0.05, 0) is 37.6 Å². The normalized spacial score (nSPS) is 15.2. The van der Waals surface area contributed by atoms with Crippen molar-refractivity contribution in [2.24, 2.45) is 0 Å². The van der Waals surface area contributed by atoms with Gasteiger partial charge in [-0.2, -0.15) is 0 Å². The molecule has 0 aliphatic heterocycles. The summed E-state index contributed by atoms with van der Waals surface area (Å²) in [6.07, 6.45) is 2.36. The van der Waals surface area contributed by atoms with Gasteiger partial charge in [-0.15, -0.1) is 11.8 Å². The number of hydrogen-bond donors (Lipinski definition) is 1. The molecule has 0 aromatic heterocycles. The third-order valence-corrected chi connectivity index (χ3v) is 5.20. The second-order valence-corrected chi connectivity index (χ2v) is 8.42. The lowest BCUT2D eigenvalue weighted by Gasteiger charge is -2.16. The number of thioether (sulfide) groups is 1. The van der Waals surface area contributed by atoms with Crippen LogP contribution in [0.3, 0.4) is 0 Å². The summed E-state index contributed by atoms with van der Waals surface area (Å²) in [5.74, 6) is 0. The predicted octanol–water partition coefficient (Wildman–Crippen LogP) is 2.96. The minimum atomic E-state index is -3.09. The molecule has 19 heavy (non-hydrogen) atoms. The smallest absolute Gasteiger partial charge is 0.175 e. The van der Waals surface area contributed by atoms with E-state index in [9.17, 15) is 8.42 Å². The lowest BCUT2D eigenvalue weighted by molar-refractivity contribution is 0.537. The fourth-order valence-electron chi connectivity index (χ4n) is 1.55. The zero-order valence-corrected chi connectivity index (χ0v) is 13.6. The van der Waals surface area contributed by atoms with Gasteiger partial charge in [0.2, 0.25) is 0 Å². The standard InChI is InChI=1S/C14H23NO2S2/c1-5-11(2)15-10-12(3)18-13-6-8-14(9-7-13)19(4,16)17/h6-9,11-12,15H,5,10H2,1-4H3. The summed E-state index contributed by atoms with van der Waals surface area (Å²) < 4.78 is 22.7. The van der Waals surface area contributed by atoms with Crippen molar-refractivity contribution in [3.8, 4) is 0 Å². The van der Waals surface area contributed by atoms with Gasteiger partial charge in [-0.25, -0.2) is 8.42 Å². The Kier molecular flexibility index (Phi) is 6.36. The van der Waals surface area contributed by atoms with Crippen molar-refractivity contribution in [2.75, 3.05) is 12.8 Å². The van der Waals surface area contributed by atoms with Gasteiger partial charge in [0.1, 0.15) is 0 Å². The number of sulfone groups is 1. The molecule has 0 saturated heterocycles. The lowest BCUT2D eigenvalue weighted by Crippen LogP contribution is -2.30. The zero-order chi connectivity index (χ0) is 14.5. The van der Waals surface area contributed by atoms with Crippen LogP contribution in [0.15, 0.2) is 34.1 Å². The maximum Gasteiger partial charge on any atom is 0.175 e. The van der Waals surface area contributed by atoms with Crippen LogP contribution >= 0.6 is 11.8 Å². The summed E-state index contributed by atoms with van der Waals surface area (Å²) in [5.41, 5.74) is 0. The van der Waals surface area contributed by atoms with Crippen molar-refractivity contribution in [1.82, 2.24) is 5.32 Å². The quantitative estimate of drug-likeness (QED) is 0.787. The van der Waals surface area contributed by atoms with Crippen molar-refractivity contribution in [1.29, 1.82) is 0 Å². The average molecular weight is 301 g/mol. The fraction of sp³-hybridized carbons (Fsp3) is 0.571. The summed E-state index contributed by atoms with van der Waals surface area (Å²) in [6, 6.07) is 7.64. The topological polar surface area (TPSA) is 46.2 Å². The molecular formula is C14H23NO2S2.